The maximum atomic E-state index is 12.8. The molecule has 2 amide bonds. The minimum atomic E-state index is -0.508. The number of rotatable bonds is 8. The number of nitrogens with zero attached hydrogens (tertiary/aromatic N) is 2. The molecule has 156 valence electrons. The van der Waals surface area contributed by atoms with Gasteiger partial charge in [-0.05, 0) is 32.0 Å². The zero-order valence-electron chi connectivity index (χ0n) is 17.3. The van der Waals surface area contributed by atoms with Crippen molar-refractivity contribution < 1.29 is 18.7 Å². The topological polar surface area (TPSA) is 75.0 Å². The van der Waals surface area contributed by atoms with E-state index in [0.29, 0.717) is 32.8 Å². The molecule has 1 fully saturated rings. The minimum absolute atomic E-state index is 0.0933. The number of nitrogens with one attached hydrogen (secondary N) is 1. The molecule has 3 rings (SSSR count). The summed E-state index contributed by atoms with van der Waals surface area (Å²) >= 11 is 0. The summed E-state index contributed by atoms with van der Waals surface area (Å²) < 4.78 is 11.3. The predicted molar refractivity (Wildman–Crippen MR) is 109 cm³/mol. The molecular weight excluding hydrogens is 370 g/mol. The SMILES string of the molecule is CCOc1ccccc1CN1CCNC(=O)C1CC(=O)N(C)Cc1ccc(C)o1. The van der Waals surface area contributed by atoms with E-state index in [1.807, 2.05) is 50.2 Å². The van der Waals surface area contributed by atoms with Crippen molar-refractivity contribution in [3.05, 3.63) is 53.5 Å². The van der Waals surface area contributed by atoms with Crippen LogP contribution in [0.1, 0.15) is 30.4 Å². The summed E-state index contributed by atoms with van der Waals surface area (Å²) in [5, 5.41) is 2.88. The first-order chi connectivity index (χ1) is 14.0. The molecule has 1 aromatic heterocycles. The molecule has 1 aromatic carbocycles. The second kappa shape index (κ2) is 9.60. The smallest absolute Gasteiger partial charge is 0.237 e. The van der Waals surface area contributed by atoms with E-state index >= 15 is 0 Å². The number of furan rings is 1. The van der Waals surface area contributed by atoms with Crippen LogP contribution in [0.5, 0.6) is 5.75 Å². The summed E-state index contributed by atoms with van der Waals surface area (Å²) in [6.07, 6.45) is 0.124. The highest BCUT2D eigenvalue weighted by atomic mass is 16.5. The third-order valence-electron chi connectivity index (χ3n) is 5.07. The number of carbonyl (C=O) groups excluding carboxylic acids is 2. The molecule has 1 aliphatic heterocycles. The maximum absolute atomic E-state index is 12.8. The summed E-state index contributed by atoms with van der Waals surface area (Å²) in [4.78, 5) is 29.0. The van der Waals surface area contributed by atoms with Crippen LogP contribution >= 0.6 is 0 Å². The molecule has 1 unspecified atom stereocenters. The fourth-order valence-electron chi connectivity index (χ4n) is 3.54. The summed E-state index contributed by atoms with van der Waals surface area (Å²) in [7, 11) is 1.73. The second-order valence-electron chi connectivity index (χ2n) is 7.28. The van der Waals surface area contributed by atoms with Crippen molar-refractivity contribution in [2.45, 2.75) is 39.4 Å². The van der Waals surface area contributed by atoms with E-state index in [0.717, 1.165) is 22.8 Å². The third-order valence-corrected chi connectivity index (χ3v) is 5.07. The van der Waals surface area contributed by atoms with Gasteiger partial charge in [0.1, 0.15) is 17.3 Å². The molecule has 1 atom stereocenters. The van der Waals surface area contributed by atoms with Crippen LogP contribution in [-0.2, 0) is 22.7 Å². The van der Waals surface area contributed by atoms with Crippen LogP contribution in [0.2, 0.25) is 0 Å². The standard InChI is InChI=1S/C22H29N3O4/c1-4-28-20-8-6-5-7-17(20)14-25-12-11-23-22(27)19(25)13-21(26)24(3)15-18-10-9-16(2)29-18/h5-10,19H,4,11-15H2,1-3H3,(H,23,27). The first-order valence-corrected chi connectivity index (χ1v) is 9.99. The van der Waals surface area contributed by atoms with E-state index in [9.17, 15) is 9.59 Å². The van der Waals surface area contributed by atoms with Gasteiger partial charge in [0.15, 0.2) is 0 Å². The molecule has 2 aromatic rings. The lowest BCUT2D eigenvalue weighted by molar-refractivity contribution is -0.138. The predicted octanol–water partition coefficient (Wildman–Crippen LogP) is 2.34. The van der Waals surface area contributed by atoms with Crippen molar-refractivity contribution in [2.24, 2.45) is 0 Å². The van der Waals surface area contributed by atoms with E-state index in [2.05, 4.69) is 10.2 Å². The minimum Gasteiger partial charge on any atom is -0.494 e. The van der Waals surface area contributed by atoms with Gasteiger partial charge in [0.2, 0.25) is 11.8 Å². The Morgan fingerprint density at radius 2 is 2.10 bits per heavy atom. The number of benzene rings is 1. The third kappa shape index (κ3) is 5.38. The number of para-hydroxylation sites is 1. The lowest BCUT2D eigenvalue weighted by Gasteiger charge is -2.35. The molecule has 0 spiro atoms. The number of aryl methyl sites for hydroxylation is 1. The van der Waals surface area contributed by atoms with E-state index in [1.165, 1.54) is 0 Å². The van der Waals surface area contributed by atoms with Crippen LogP contribution in [0.4, 0.5) is 0 Å². The number of carbonyl (C=O) groups is 2. The fraction of sp³-hybridized carbons (Fsp3) is 0.455. The summed E-state index contributed by atoms with van der Waals surface area (Å²) in [6, 6.07) is 11.1. The highest BCUT2D eigenvalue weighted by Crippen LogP contribution is 2.23. The van der Waals surface area contributed by atoms with Crippen molar-refractivity contribution >= 4 is 11.8 Å². The number of hydrogen-bond donors (Lipinski definition) is 1. The van der Waals surface area contributed by atoms with Gasteiger partial charge in [-0.1, -0.05) is 18.2 Å². The van der Waals surface area contributed by atoms with Gasteiger partial charge in [-0.3, -0.25) is 14.5 Å². The van der Waals surface area contributed by atoms with Gasteiger partial charge < -0.3 is 19.4 Å². The van der Waals surface area contributed by atoms with Gasteiger partial charge >= 0.3 is 0 Å². The quantitative estimate of drug-likeness (QED) is 0.737. The molecule has 1 N–H and O–H groups in total. The van der Waals surface area contributed by atoms with Gasteiger partial charge in [0.25, 0.3) is 0 Å². The molecule has 29 heavy (non-hydrogen) atoms. The molecule has 0 saturated carbocycles. The molecule has 0 radical (unpaired) electrons. The Morgan fingerprint density at radius 3 is 2.83 bits per heavy atom. The summed E-state index contributed by atoms with van der Waals surface area (Å²) in [5.74, 6) is 2.15. The van der Waals surface area contributed by atoms with Crippen LogP contribution in [0.25, 0.3) is 0 Å². The van der Waals surface area contributed by atoms with Gasteiger partial charge in [-0.15, -0.1) is 0 Å². The molecule has 0 bridgehead atoms. The van der Waals surface area contributed by atoms with Gasteiger partial charge in [-0.2, -0.15) is 0 Å². The Morgan fingerprint density at radius 1 is 1.31 bits per heavy atom. The number of piperazine rings is 1. The molecule has 2 heterocycles. The summed E-state index contributed by atoms with van der Waals surface area (Å²) in [5.41, 5.74) is 1.01. The molecule has 0 aliphatic carbocycles. The highest BCUT2D eigenvalue weighted by molar-refractivity contribution is 5.88. The monoisotopic (exact) mass is 399 g/mol. The van der Waals surface area contributed by atoms with E-state index in [1.54, 1.807) is 11.9 Å². The van der Waals surface area contributed by atoms with Crippen molar-refractivity contribution in [3.8, 4) is 5.75 Å². The van der Waals surface area contributed by atoms with Crippen molar-refractivity contribution in [3.63, 3.8) is 0 Å². The van der Waals surface area contributed by atoms with Gasteiger partial charge in [0.05, 0.1) is 25.6 Å². The fourth-order valence-corrected chi connectivity index (χ4v) is 3.54. The number of hydrogen-bond acceptors (Lipinski definition) is 5. The zero-order valence-corrected chi connectivity index (χ0v) is 17.3. The first kappa shape index (κ1) is 20.9. The Kier molecular flexibility index (Phi) is 6.93. The molecular formula is C22H29N3O4. The number of ether oxygens (including phenoxy) is 1. The highest BCUT2D eigenvalue weighted by Gasteiger charge is 2.33. The average molecular weight is 399 g/mol. The van der Waals surface area contributed by atoms with E-state index < -0.39 is 6.04 Å². The van der Waals surface area contributed by atoms with E-state index in [4.69, 9.17) is 9.15 Å². The molecule has 7 heteroatoms. The lowest BCUT2D eigenvalue weighted by atomic mass is 10.1. The van der Waals surface area contributed by atoms with Crippen LogP contribution in [0.15, 0.2) is 40.8 Å². The Balaban J connectivity index is 1.68. The van der Waals surface area contributed by atoms with E-state index in [-0.39, 0.29) is 18.2 Å². The van der Waals surface area contributed by atoms with Gasteiger partial charge in [0, 0.05) is 32.2 Å². The zero-order chi connectivity index (χ0) is 20.8. The second-order valence-corrected chi connectivity index (χ2v) is 7.28. The molecule has 1 saturated heterocycles. The molecule has 1 aliphatic rings. The van der Waals surface area contributed by atoms with Crippen molar-refractivity contribution in [1.29, 1.82) is 0 Å². The van der Waals surface area contributed by atoms with Crippen LogP contribution < -0.4 is 10.1 Å². The van der Waals surface area contributed by atoms with Crippen molar-refractivity contribution in [2.75, 3.05) is 26.7 Å². The Hall–Kier alpha value is -2.80. The van der Waals surface area contributed by atoms with Crippen LogP contribution in [-0.4, -0.2) is 54.4 Å². The normalized spacial score (nSPS) is 17.1. The average Bonchev–Trinajstić information content (AvgIpc) is 3.10. The molecule has 7 nitrogen and oxygen atoms in total. The Labute approximate surface area is 171 Å². The lowest BCUT2D eigenvalue weighted by Crippen LogP contribution is -2.56. The van der Waals surface area contributed by atoms with Crippen LogP contribution in [0, 0.1) is 6.92 Å². The van der Waals surface area contributed by atoms with Crippen LogP contribution in [0.3, 0.4) is 0 Å². The van der Waals surface area contributed by atoms with Crippen molar-refractivity contribution in [1.82, 2.24) is 15.1 Å². The first-order valence-electron chi connectivity index (χ1n) is 9.99. The summed E-state index contributed by atoms with van der Waals surface area (Å²) in [6.45, 7) is 6.60. The largest absolute Gasteiger partial charge is 0.494 e. The Bertz CT molecular complexity index is 848. The van der Waals surface area contributed by atoms with Gasteiger partial charge in [-0.25, -0.2) is 0 Å². The maximum Gasteiger partial charge on any atom is 0.237 e. The number of amides is 2.